The average Bonchev–Trinajstić information content (AvgIpc) is 2.52. The first-order chi connectivity index (χ1) is 8.23. The van der Waals surface area contributed by atoms with Gasteiger partial charge in [-0.05, 0) is 20.8 Å². The van der Waals surface area contributed by atoms with Crippen LogP contribution in [0.3, 0.4) is 0 Å². The summed E-state index contributed by atoms with van der Waals surface area (Å²) in [6.07, 6.45) is -3.47. The zero-order valence-corrected chi connectivity index (χ0v) is 10.7. The van der Waals surface area contributed by atoms with Gasteiger partial charge < -0.3 is 29.5 Å². The Bertz CT molecular complexity index is 289. The van der Waals surface area contributed by atoms with Crippen LogP contribution in [-0.4, -0.2) is 64.7 Å². The first kappa shape index (κ1) is 15.3. The number of rotatable bonds is 6. The van der Waals surface area contributed by atoms with Gasteiger partial charge in [-0.2, -0.15) is 0 Å². The topological polar surface area (TPSA) is 105 Å². The molecule has 0 spiro atoms. The molecule has 1 aliphatic rings. The van der Waals surface area contributed by atoms with E-state index in [1.165, 1.54) is 6.92 Å². The molecule has 1 aliphatic heterocycles. The molecule has 0 aliphatic carbocycles. The monoisotopic (exact) mass is 264 g/mol. The molecular weight excluding hydrogens is 244 g/mol. The van der Waals surface area contributed by atoms with E-state index in [4.69, 9.17) is 19.3 Å². The fourth-order valence-corrected chi connectivity index (χ4v) is 1.82. The lowest BCUT2D eigenvalue weighted by molar-refractivity contribution is -0.163. The maximum absolute atomic E-state index is 10.3. The van der Waals surface area contributed by atoms with Crippen LogP contribution in [0.25, 0.3) is 0 Å². The second-order valence-electron chi connectivity index (χ2n) is 4.78. The van der Waals surface area contributed by atoms with E-state index >= 15 is 0 Å². The molecule has 2 unspecified atom stereocenters. The van der Waals surface area contributed by atoms with Crippen LogP contribution in [0.5, 0.6) is 0 Å². The number of carboxylic acid groups (broad SMARTS) is 1. The quantitative estimate of drug-likeness (QED) is 0.585. The lowest BCUT2D eigenvalue weighted by Gasteiger charge is -2.24. The SMILES string of the molecule is CC(O)C(O)[C@H]1OC(C)(C)O[C@H]1COCC(=O)O. The van der Waals surface area contributed by atoms with Gasteiger partial charge in [-0.25, -0.2) is 4.79 Å². The summed E-state index contributed by atoms with van der Waals surface area (Å²) in [5.74, 6) is -1.99. The Morgan fingerprint density at radius 3 is 2.50 bits per heavy atom. The Kier molecular flexibility index (Phi) is 5.06. The second kappa shape index (κ2) is 5.94. The Morgan fingerprint density at radius 1 is 1.39 bits per heavy atom. The van der Waals surface area contributed by atoms with E-state index in [1.807, 2.05) is 0 Å². The van der Waals surface area contributed by atoms with Gasteiger partial charge in [0.05, 0.1) is 12.7 Å². The number of carboxylic acids is 1. The van der Waals surface area contributed by atoms with Crippen molar-refractivity contribution in [2.45, 2.75) is 51.0 Å². The van der Waals surface area contributed by atoms with Crippen LogP contribution in [-0.2, 0) is 19.0 Å². The minimum absolute atomic E-state index is 0.0236. The number of aliphatic hydroxyl groups is 2. The molecule has 7 nitrogen and oxygen atoms in total. The number of aliphatic carboxylic acids is 1. The fourth-order valence-electron chi connectivity index (χ4n) is 1.82. The van der Waals surface area contributed by atoms with Crippen molar-refractivity contribution >= 4 is 5.97 Å². The van der Waals surface area contributed by atoms with E-state index in [1.54, 1.807) is 13.8 Å². The van der Waals surface area contributed by atoms with Gasteiger partial charge in [-0.1, -0.05) is 0 Å². The highest BCUT2D eigenvalue weighted by Gasteiger charge is 2.46. The third-order valence-corrected chi connectivity index (χ3v) is 2.56. The van der Waals surface area contributed by atoms with Crippen LogP contribution in [0.15, 0.2) is 0 Å². The summed E-state index contributed by atoms with van der Waals surface area (Å²) in [6.45, 7) is 4.31. The van der Waals surface area contributed by atoms with Crippen LogP contribution in [0.4, 0.5) is 0 Å². The predicted molar refractivity (Wildman–Crippen MR) is 60.0 cm³/mol. The standard InChI is InChI=1S/C11H20O7/c1-6(12)9(15)10-7(4-16-5-8(13)14)17-11(2,3)18-10/h6-7,9-10,12,15H,4-5H2,1-3H3,(H,13,14)/t6?,7-,9?,10-/m0/s1. The summed E-state index contributed by atoms with van der Waals surface area (Å²) < 4.78 is 15.9. The minimum Gasteiger partial charge on any atom is -0.480 e. The number of ether oxygens (including phenoxy) is 3. The van der Waals surface area contributed by atoms with Crippen LogP contribution < -0.4 is 0 Å². The van der Waals surface area contributed by atoms with Crippen molar-refractivity contribution in [1.29, 1.82) is 0 Å². The van der Waals surface area contributed by atoms with Gasteiger partial charge in [0.25, 0.3) is 0 Å². The molecule has 0 radical (unpaired) electrons. The Morgan fingerprint density at radius 2 is 2.00 bits per heavy atom. The van der Waals surface area contributed by atoms with Gasteiger partial charge in [-0.15, -0.1) is 0 Å². The van der Waals surface area contributed by atoms with Crippen LogP contribution in [0, 0.1) is 0 Å². The minimum atomic E-state index is -1.12. The molecule has 1 fully saturated rings. The van der Waals surface area contributed by atoms with E-state index in [9.17, 15) is 15.0 Å². The maximum atomic E-state index is 10.3. The zero-order valence-electron chi connectivity index (χ0n) is 10.7. The number of hydrogen-bond donors (Lipinski definition) is 3. The third-order valence-electron chi connectivity index (χ3n) is 2.56. The van der Waals surface area contributed by atoms with Crippen molar-refractivity contribution in [3.8, 4) is 0 Å². The highest BCUT2D eigenvalue weighted by molar-refractivity contribution is 5.67. The van der Waals surface area contributed by atoms with Gasteiger partial charge in [0.1, 0.15) is 24.9 Å². The summed E-state index contributed by atoms with van der Waals surface area (Å²) in [4.78, 5) is 10.3. The van der Waals surface area contributed by atoms with E-state index in [0.29, 0.717) is 0 Å². The summed E-state index contributed by atoms with van der Waals surface area (Å²) >= 11 is 0. The van der Waals surface area contributed by atoms with E-state index in [2.05, 4.69) is 0 Å². The first-order valence-electron chi connectivity index (χ1n) is 5.74. The Labute approximate surface area is 105 Å². The van der Waals surface area contributed by atoms with E-state index in [-0.39, 0.29) is 6.61 Å². The van der Waals surface area contributed by atoms with Crippen molar-refractivity contribution in [2.24, 2.45) is 0 Å². The number of carbonyl (C=O) groups is 1. The predicted octanol–water partition coefficient (Wildman–Crippen LogP) is -0.651. The molecule has 4 atom stereocenters. The maximum Gasteiger partial charge on any atom is 0.329 e. The van der Waals surface area contributed by atoms with Crippen LogP contribution >= 0.6 is 0 Å². The normalized spacial score (nSPS) is 30.1. The van der Waals surface area contributed by atoms with Crippen LogP contribution in [0.2, 0.25) is 0 Å². The number of hydrogen-bond acceptors (Lipinski definition) is 6. The largest absolute Gasteiger partial charge is 0.480 e. The molecule has 106 valence electrons. The summed E-state index contributed by atoms with van der Waals surface area (Å²) in [5.41, 5.74) is 0. The van der Waals surface area contributed by atoms with Crippen LogP contribution in [0.1, 0.15) is 20.8 Å². The Balaban J connectivity index is 2.59. The molecule has 3 N–H and O–H groups in total. The number of aliphatic hydroxyl groups excluding tert-OH is 2. The molecule has 0 aromatic heterocycles. The van der Waals surface area contributed by atoms with Gasteiger partial charge in [0, 0.05) is 0 Å². The van der Waals surface area contributed by atoms with Gasteiger partial charge in [0.15, 0.2) is 5.79 Å². The van der Waals surface area contributed by atoms with Crippen molar-refractivity contribution in [1.82, 2.24) is 0 Å². The molecule has 7 heteroatoms. The van der Waals surface area contributed by atoms with Gasteiger partial charge >= 0.3 is 5.97 Å². The summed E-state index contributed by atoms with van der Waals surface area (Å²) in [6, 6.07) is 0. The molecule has 1 heterocycles. The van der Waals surface area contributed by atoms with Crippen molar-refractivity contribution < 1.29 is 34.3 Å². The molecular formula is C11H20O7. The molecule has 1 saturated heterocycles. The molecule has 0 aromatic carbocycles. The fraction of sp³-hybridized carbons (Fsp3) is 0.909. The summed E-state index contributed by atoms with van der Waals surface area (Å²) in [7, 11) is 0. The summed E-state index contributed by atoms with van der Waals surface area (Å²) in [5, 5.41) is 27.6. The molecule has 0 bridgehead atoms. The van der Waals surface area contributed by atoms with Gasteiger partial charge in [-0.3, -0.25) is 0 Å². The molecule has 0 amide bonds. The van der Waals surface area contributed by atoms with Gasteiger partial charge in [0.2, 0.25) is 0 Å². The lowest BCUT2D eigenvalue weighted by atomic mass is 10.0. The molecule has 18 heavy (non-hydrogen) atoms. The van der Waals surface area contributed by atoms with E-state index < -0.39 is 42.8 Å². The van der Waals surface area contributed by atoms with Crippen molar-refractivity contribution in [2.75, 3.05) is 13.2 Å². The molecule has 1 rings (SSSR count). The zero-order chi connectivity index (χ0) is 13.9. The first-order valence-corrected chi connectivity index (χ1v) is 5.74. The highest BCUT2D eigenvalue weighted by Crippen LogP contribution is 2.31. The second-order valence-corrected chi connectivity index (χ2v) is 4.78. The average molecular weight is 264 g/mol. The van der Waals surface area contributed by atoms with E-state index in [0.717, 1.165) is 0 Å². The highest BCUT2D eigenvalue weighted by atomic mass is 16.8. The third kappa shape index (κ3) is 4.18. The molecule has 0 saturated carbocycles. The van der Waals surface area contributed by atoms with Crippen molar-refractivity contribution in [3.05, 3.63) is 0 Å². The van der Waals surface area contributed by atoms with Crippen molar-refractivity contribution in [3.63, 3.8) is 0 Å². The lowest BCUT2D eigenvalue weighted by Crippen LogP contribution is -2.43. The Hall–Kier alpha value is -0.730. The smallest absolute Gasteiger partial charge is 0.329 e. The molecule has 0 aromatic rings.